The molecule has 5 nitrogen and oxygen atoms in total. The van der Waals surface area contributed by atoms with Gasteiger partial charge in [-0.25, -0.2) is 9.97 Å². The van der Waals surface area contributed by atoms with Gasteiger partial charge in [0.05, 0.1) is 20.4 Å². The second-order valence-corrected chi connectivity index (χ2v) is 11.0. The average Bonchev–Trinajstić information content (AvgIpc) is 3.71. The smallest absolute Gasteiger partial charge is 0.185 e. The van der Waals surface area contributed by atoms with Gasteiger partial charge in [-0.05, 0) is 79.9 Å². The number of hydrogen-bond donors (Lipinski definition) is 0. The molecule has 180 valence electrons. The Balaban J connectivity index is 1.12. The Hall–Kier alpha value is -4.07. The molecule has 0 unspecified atom stereocenters. The van der Waals surface area contributed by atoms with Crippen LogP contribution in [0.3, 0.4) is 0 Å². The predicted molar refractivity (Wildman–Crippen MR) is 149 cm³/mol. The Bertz CT molecular complexity index is 1650. The van der Waals surface area contributed by atoms with Crippen LogP contribution < -0.4 is 0 Å². The van der Waals surface area contributed by atoms with Gasteiger partial charge in [0.25, 0.3) is 0 Å². The third-order valence-corrected chi connectivity index (χ3v) is 8.47. The second kappa shape index (κ2) is 9.10. The van der Waals surface area contributed by atoms with Gasteiger partial charge in [0.2, 0.25) is 0 Å². The second-order valence-electron chi connectivity index (χ2n) is 8.90. The third-order valence-electron chi connectivity index (χ3n) is 6.37. The summed E-state index contributed by atoms with van der Waals surface area (Å²) in [6, 6.07) is 23.7. The van der Waals surface area contributed by atoms with Crippen LogP contribution in [0, 0.1) is 0 Å². The Labute approximate surface area is 220 Å². The largest absolute Gasteiger partial charge is 0.454 e. The lowest BCUT2D eigenvalue weighted by atomic mass is 9.88. The fraction of sp³-hybridized carbons (Fsp3) is 0.100. The van der Waals surface area contributed by atoms with E-state index >= 15 is 0 Å². The molecule has 0 radical (unpaired) electrons. The number of fused-ring (bicyclic) bond motifs is 2. The first-order valence-corrected chi connectivity index (χ1v) is 13.7. The molecular formula is C30H20N2O3S2. The number of rotatable bonds is 4. The fourth-order valence-electron chi connectivity index (χ4n) is 4.57. The van der Waals surface area contributed by atoms with Crippen LogP contribution in [0.4, 0.5) is 0 Å². The molecule has 1 aliphatic carbocycles. The zero-order chi connectivity index (χ0) is 24.8. The Morgan fingerprint density at radius 2 is 1.14 bits per heavy atom. The average molecular weight is 521 g/mol. The van der Waals surface area contributed by atoms with Crippen molar-refractivity contribution in [2.75, 3.05) is 0 Å². The van der Waals surface area contributed by atoms with Crippen LogP contribution in [-0.4, -0.2) is 15.8 Å². The van der Waals surface area contributed by atoms with E-state index in [0.717, 1.165) is 60.9 Å². The van der Waals surface area contributed by atoms with Gasteiger partial charge in [-0.2, -0.15) is 0 Å². The van der Waals surface area contributed by atoms with E-state index in [-0.39, 0.29) is 5.78 Å². The molecule has 0 spiro atoms. The number of benzene rings is 2. The van der Waals surface area contributed by atoms with Gasteiger partial charge in [0.15, 0.2) is 27.3 Å². The van der Waals surface area contributed by atoms with Crippen molar-refractivity contribution in [2.45, 2.75) is 19.3 Å². The first-order chi connectivity index (χ1) is 18.2. The van der Waals surface area contributed by atoms with Gasteiger partial charge in [-0.3, -0.25) is 4.79 Å². The summed E-state index contributed by atoms with van der Waals surface area (Å²) >= 11 is 3.20. The number of furan rings is 2. The van der Waals surface area contributed by atoms with Crippen molar-refractivity contribution < 1.29 is 13.6 Å². The topological polar surface area (TPSA) is 69.1 Å². The monoisotopic (exact) mass is 520 g/mol. The fourth-order valence-corrected chi connectivity index (χ4v) is 6.42. The number of Topliss-reactive ketones (excluding diaryl/α,β-unsaturated/α-hetero) is 1. The molecule has 0 saturated heterocycles. The van der Waals surface area contributed by atoms with Gasteiger partial charge in [-0.1, -0.05) is 24.3 Å². The van der Waals surface area contributed by atoms with Crippen molar-refractivity contribution in [2.24, 2.45) is 0 Å². The number of carbonyl (C=O) groups excluding carboxylic acids is 1. The molecule has 2 aromatic carbocycles. The van der Waals surface area contributed by atoms with Crippen molar-refractivity contribution in [3.05, 3.63) is 95.5 Å². The summed E-state index contributed by atoms with van der Waals surface area (Å²) in [6.45, 7) is 0. The zero-order valence-electron chi connectivity index (χ0n) is 19.6. The highest BCUT2D eigenvalue weighted by atomic mass is 32.1. The third kappa shape index (κ3) is 4.26. The van der Waals surface area contributed by atoms with Gasteiger partial charge in [0.1, 0.15) is 11.5 Å². The molecular weight excluding hydrogens is 500 g/mol. The molecule has 0 atom stereocenters. The maximum Gasteiger partial charge on any atom is 0.185 e. The summed E-state index contributed by atoms with van der Waals surface area (Å²) in [4.78, 5) is 22.6. The van der Waals surface area contributed by atoms with Crippen molar-refractivity contribution in [3.63, 3.8) is 0 Å². The molecule has 4 heterocycles. The maximum atomic E-state index is 13.3. The van der Waals surface area contributed by atoms with Crippen LogP contribution >= 0.6 is 22.7 Å². The molecule has 0 amide bonds. The van der Waals surface area contributed by atoms with E-state index in [4.69, 9.17) is 8.83 Å². The number of ketones is 1. The normalized spacial score (nSPS) is 16.5. The van der Waals surface area contributed by atoms with Crippen molar-refractivity contribution in [1.29, 1.82) is 0 Å². The Morgan fingerprint density at radius 3 is 1.62 bits per heavy atom. The molecule has 7 heteroatoms. The van der Waals surface area contributed by atoms with Crippen LogP contribution in [0.25, 0.3) is 54.1 Å². The van der Waals surface area contributed by atoms with Crippen LogP contribution in [0.15, 0.2) is 92.8 Å². The summed E-state index contributed by atoms with van der Waals surface area (Å²) in [5, 5.41) is 1.67. The van der Waals surface area contributed by atoms with Crippen LogP contribution in [0.5, 0.6) is 0 Å². The molecule has 4 aromatic heterocycles. The van der Waals surface area contributed by atoms with Crippen LogP contribution in [0.1, 0.15) is 30.8 Å². The highest BCUT2D eigenvalue weighted by Crippen LogP contribution is 2.35. The summed E-state index contributed by atoms with van der Waals surface area (Å²) in [7, 11) is 0. The lowest BCUT2D eigenvalue weighted by Crippen LogP contribution is -2.12. The molecule has 1 fully saturated rings. The molecule has 1 aliphatic rings. The van der Waals surface area contributed by atoms with Gasteiger partial charge < -0.3 is 8.83 Å². The molecule has 0 aliphatic heterocycles. The number of para-hydroxylation sites is 2. The molecule has 7 rings (SSSR count). The predicted octanol–water partition coefficient (Wildman–Crippen LogP) is 8.65. The van der Waals surface area contributed by atoms with E-state index in [2.05, 4.69) is 22.1 Å². The molecule has 37 heavy (non-hydrogen) atoms. The summed E-state index contributed by atoms with van der Waals surface area (Å²) < 4.78 is 14.4. The van der Waals surface area contributed by atoms with Crippen LogP contribution in [0.2, 0.25) is 0 Å². The highest BCUT2D eigenvalue weighted by Gasteiger charge is 2.22. The Kier molecular flexibility index (Phi) is 5.45. The quantitative estimate of drug-likeness (QED) is 0.218. The molecule has 0 N–H and O–H groups in total. The van der Waals surface area contributed by atoms with Gasteiger partial charge in [-0.15, -0.1) is 22.7 Å². The minimum Gasteiger partial charge on any atom is -0.454 e. The number of nitrogens with zero attached hydrogens (tertiary/aromatic N) is 2. The minimum absolute atomic E-state index is 0.0436. The van der Waals surface area contributed by atoms with Gasteiger partial charge >= 0.3 is 0 Å². The summed E-state index contributed by atoms with van der Waals surface area (Å²) in [5.41, 5.74) is 3.42. The van der Waals surface area contributed by atoms with E-state index in [9.17, 15) is 4.79 Å². The van der Waals surface area contributed by atoms with E-state index in [1.54, 1.807) is 22.7 Å². The van der Waals surface area contributed by atoms with E-state index in [1.807, 2.05) is 72.8 Å². The number of allylic oxidation sites excluding steroid dienone is 2. The summed E-state index contributed by atoms with van der Waals surface area (Å²) in [6.07, 6.45) is 6.08. The number of hydrogen-bond acceptors (Lipinski definition) is 7. The van der Waals surface area contributed by atoms with Gasteiger partial charge in [0, 0.05) is 11.1 Å². The van der Waals surface area contributed by atoms with E-state index < -0.39 is 0 Å². The number of carbonyl (C=O) groups is 1. The standard InChI is InChI=1S/C30H20N2O3S2/c33-28-18(16-20-12-14-24(34-20)29-31-22-8-1-3-10-26(22)36-29)6-5-7-19(28)17-21-13-15-25(35-21)30-32-23-9-2-4-11-27(23)37-30/h1-4,8-17H,5-7H2. The number of aromatic nitrogens is 2. The van der Waals surface area contributed by atoms with E-state index in [0.29, 0.717) is 23.0 Å². The van der Waals surface area contributed by atoms with Crippen molar-refractivity contribution in [3.8, 4) is 21.5 Å². The molecule has 1 saturated carbocycles. The van der Waals surface area contributed by atoms with Crippen molar-refractivity contribution in [1.82, 2.24) is 9.97 Å². The zero-order valence-corrected chi connectivity index (χ0v) is 21.3. The Morgan fingerprint density at radius 1 is 0.649 bits per heavy atom. The first-order valence-electron chi connectivity index (χ1n) is 12.1. The van der Waals surface area contributed by atoms with Crippen LogP contribution in [-0.2, 0) is 4.79 Å². The summed E-state index contributed by atoms with van der Waals surface area (Å²) in [5.74, 6) is 2.79. The number of thiazole rings is 2. The lowest BCUT2D eigenvalue weighted by molar-refractivity contribution is -0.112. The first kappa shape index (κ1) is 22.2. The van der Waals surface area contributed by atoms with Crippen molar-refractivity contribution >= 4 is 61.0 Å². The van der Waals surface area contributed by atoms with E-state index in [1.165, 1.54) is 0 Å². The minimum atomic E-state index is 0.0436. The SMILES string of the molecule is O=C1C(=Cc2ccc(-c3nc4ccccc4s3)o2)CCCC1=Cc1ccc(-c2nc3ccccc3s2)o1. The molecule has 6 aromatic rings. The highest BCUT2D eigenvalue weighted by molar-refractivity contribution is 7.22. The maximum absolute atomic E-state index is 13.3. The molecule has 0 bridgehead atoms. The lowest BCUT2D eigenvalue weighted by Gasteiger charge is -2.15.